The van der Waals surface area contributed by atoms with E-state index in [4.69, 9.17) is 4.74 Å². The van der Waals surface area contributed by atoms with Gasteiger partial charge in [-0.3, -0.25) is 4.79 Å². The van der Waals surface area contributed by atoms with Crippen LogP contribution in [0.4, 0.5) is 0 Å². The first-order valence-electron chi connectivity index (χ1n) is 8.15. The molecule has 0 saturated heterocycles. The van der Waals surface area contributed by atoms with E-state index in [2.05, 4.69) is 42.4 Å². The van der Waals surface area contributed by atoms with Gasteiger partial charge in [-0.1, -0.05) is 29.8 Å². The van der Waals surface area contributed by atoms with Crippen LogP contribution in [0.5, 0.6) is 17.2 Å². The van der Waals surface area contributed by atoms with Crippen molar-refractivity contribution >= 4 is 44.0 Å². The second-order valence-electron chi connectivity index (χ2n) is 6.20. The zero-order valence-corrected chi connectivity index (χ0v) is 18.3. The highest BCUT2D eigenvalue weighted by molar-refractivity contribution is 9.11. The van der Waals surface area contributed by atoms with Crippen LogP contribution >= 0.6 is 31.9 Å². The molecule has 2 rings (SSSR count). The summed E-state index contributed by atoms with van der Waals surface area (Å²) in [4.78, 5) is 12.0. The van der Waals surface area contributed by atoms with Crippen molar-refractivity contribution in [2.24, 2.45) is 5.10 Å². The van der Waals surface area contributed by atoms with E-state index in [9.17, 15) is 15.0 Å². The number of rotatable bonds is 6. The smallest absolute Gasteiger partial charge is 0.277 e. The van der Waals surface area contributed by atoms with Gasteiger partial charge in [0, 0.05) is 16.1 Å². The summed E-state index contributed by atoms with van der Waals surface area (Å²) in [5, 5.41) is 22.7. The lowest BCUT2D eigenvalue weighted by molar-refractivity contribution is -0.123. The minimum Gasteiger partial charge on any atom is -0.508 e. The highest BCUT2D eigenvalue weighted by Crippen LogP contribution is 2.40. The molecule has 27 heavy (non-hydrogen) atoms. The molecule has 0 fully saturated rings. The molecule has 1 amide bonds. The van der Waals surface area contributed by atoms with Crippen LogP contribution in [-0.4, -0.2) is 28.9 Å². The molecule has 0 radical (unpaired) electrons. The molecule has 0 aliphatic rings. The first-order chi connectivity index (χ1) is 12.7. The van der Waals surface area contributed by atoms with Gasteiger partial charge in [-0.15, -0.1) is 0 Å². The van der Waals surface area contributed by atoms with Crippen molar-refractivity contribution in [1.29, 1.82) is 0 Å². The number of carbonyl (C=O) groups is 1. The maximum absolute atomic E-state index is 12.0. The van der Waals surface area contributed by atoms with E-state index in [1.165, 1.54) is 24.4 Å². The monoisotopic (exact) mass is 498 g/mol. The van der Waals surface area contributed by atoms with Crippen LogP contribution in [0.1, 0.15) is 36.5 Å². The van der Waals surface area contributed by atoms with E-state index in [0.29, 0.717) is 11.3 Å². The molecule has 0 unspecified atom stereocenters. The Hall–Kier alpha value is -2.06. The SMILES string of the molecule is Cc1c(Br)cc(C(C)C)c(OCC(=O)N/N=C/c2ccc(O)cc2O)c1Br. The van der Waals surface area contributed by atoms with Crippen LogP contribution in [0.2, 0.25) is 0 Å². The quantitative estimate of drug-likeness (QED) is 0.400. The number of nitrogens with zero attached hydrogens (tertiary/aromatic N) is 1. The third-order valence-corrected chi connectivity index (χ3v) is 5.59. The number of aromatic hydroxyl groups is 2. The fourth-order valence-electron chi connectivity index (χ4n) is 2.27. The molecule has 0 bridgehead atoms. The molecule has 0 atom stereocenters. The molecule has 2 aromatic rings. The minimum absolute atomic E-state index is 0.0570. The molecule has 0 heterocycles. The molecule has 144 valence electrons. The average Bonchev–Trinajstić information content (AvgIpc) is 2.60. The standard InChI is InChI=1S/C19H20Br2N2O4/c1-10(2)14-7-15(20)11(3)18(21)19(14)27-9-17(26)23-22-8-12-4-5-13(24)6-16(12)25/h4-8,10,24-25H,9H2,1-3H3,(H,23,26)/b22-8+. The van der Waals surface area contributed by atoms with Gasteiger partial charge in [-0.05, 0) is 58.1 Å². The van der Waals surface area contributed by atoms with Crippen LogP contribution in [0, 0.1) is 6.92 Å². The van der Waals surface area contributed by atoms with Gasteiger partial charge >= 0.3 is 0 Å². The second kappa shape index (κ2) is 9.23. The molecular formula is C19H20Br2N2O4. The number of hydrazone groups is 1. The van der Waals surface area contributed by atoms with Crippen LogP contribution in [0.3, 0.4) is 0 Å². The number of halogens is 2. The highest BCUT2D eigenvalue weighted by atomic mass is 79.9. The van der Waals surface area contributed by atoms with Crippen molar-refractivity contribution in [3.63, 3.8) is 0 Å². The fraction of sp³-hybridized carbons (Fsp3) is 0.263. The maximum Gasteiger partial charge on any atom is 0.277 e. The predicted octanol–water partition coefficient (Wildman–Crippen LogP) is 4.58. The first-order valence-corrected chi connectivity index (χ1v) is 9.74. The summed E-state index contributed by atoms with van der Waals surface area (Å²) in [7, 11) is 0. The number of hydrogen-bond acceptors (Lipinski definition) is 5. The third-order valence-electron chi connectivity index (χ3n) is 3.81. The molecule has 8 heteroatoms. The van der Waals surface area contributed by atoms with E-state index in [-0.39, 0.29) is 24.0 Å². The van der Waals surface area contributed by atoms with E-state index < -0.39 is 5.91 Å². The van der Waals surface area contributed by atoms with E-state index in [1.54, 1.807) is 0 Å². The lowest BCUT2D eigenvalue weighted by Crippen LogP contribution is -2.25. The number of amides is 1. The van der Waals surface area contributed by atoms with Crippen molar-refractivity contribution in [2.75, 3.05) is 6.61 Å². The van der Waals surface area contributed by atoms with Crippen molar-refractivity contribution in [2.45, 2.75) is 26.7 Å². The second-order valence-corrected chi connectivity index (χ2v) is 7.84. The third kappa shape index (κ3) is 5.46. The Bertz CT molecular complexity index is 882. The Morgan fingerprint density at radius 2 is 2.00 bits per heavy atom. The van der Waals surface area contributed by atoms with Gasteiger partial charge in [0.05, 0.1) is 10.7 Å². The van der Waals surface area contributed by atoms with Gasteiger partial charge in [0.2, 0.25) is 0 Å². The summed E-state index contributed by atoms with van der Waals surface area (Å²) >= 11 is 7.06. The molecule has 0 saturated carbocycles. The fourth-order valence-corrected chi connectivity index (χ4v) is 3.54. The Balaban J connectivity index is 2.03. The normalized spacial score (nSPS) is 11.2. The summed E-state index contributed by atoms with van der Waals surface area (Å²) < 4.78 is 7.50. The van der Waals surface area contributed by atoms with Crippen molar-refractivity contribution in [1.82, 2.24) is 5.43 Å². The van der Waals surface area contributed by atoms with E-state index in [0.717, 1.165) is 20.1 Å². The Morgan fingerprint density at radius 1 is 1.30 bits per heavy atom. The lowest BCUT2D eigenvalue weighted by Gasteiger charge is -2.18. The van der Waals surface area contributed by atoms with Crippen LogP contribution in [0.15, 0.2) is 38.3 Å². The number of benzene rings is 2. The topological polar surface area (TPSA) is 91.2 Å². The molecule has 0 aromatic heterocycles. The number of ether oxygens (including phenoxy) is 1. The van der Waals surface area contributed by atoms with E-state index in [1.807, 2.05) is 26.8 Å². The van der Waals surface area contributed by atoms with Gasteiger partial charge in [0.25, 0.3) is 5.91 Å². The summed E-state index contributed by atoms with van der Waals surface area (Å²) in [6.45, 7) is 5.83. The summed E-state index contributed by atoms with van der Waals surface area (Å²) in [5.74, 6) is 0.206. The zero-order chi connectivity index (χ0) is 20.1. The molecule has 0 aliphatic heterocycles. The lowest BCUT2D eigenvalue weighted by atomic mass is 10.0. The number of phenolic OH excluding ortho intramolecular Hbond substituents is 2. The van der Waals surface area contributed by atoms with Gasteiger partial charge in [-0.25, -0.2) is 5.43 Å². The van der Waals surface area contributed by atoms with Gasteiger partial charge < -0.3 is 14.9 Å². The highest BCUT2D eigenvalue weighted by Gasteiger charge is 2.17. The molecule has 2 aromatic carbocycles. The largest absolute Gasteiger partial charge is 0.508 e. The summed E-state index contributed by atoms with van der Waals surface area (Å²) in [6.07, 6.45) is 1.28. The number of phenols is 2. The van der Waals surface area contributed by atoms with Crippen molar-refractivity contribution < 1.29 is 19.7 Å². The Labute approximate surface area is 174 Å². The zero-order valence-electron chi connectivity index (χ0n) is 15.1. The maximum atomic E-state index is 12.0. The molecule has 0 aliphatic carbocycles. The predicted molar refractivity (Wildman–Crippen MR) is 112 cm³/mol. The van der Waals surface area contributed by atoms with Crippen molar-refractivity contribution in [3.05, 3.63) is 49.9 Å². The molecule has 3 N–H and O–H groups in total. The summed E-state index contributed by atoms with van der Waals surface area (Å²) in [5.41, 5.74) is 4.67. The Morgan fingerprint density at radius 3 is 2.63 bits per heavy atom. The number of nitrogens with one attached hydrogen (secondary N) is 1. The molecule has 6 nitrogen and oxygen atoms in total. The number of hydrogen-bond donors (Lipinski definition) is 3. The van der Waals surface area contributed by atoms with Gasteiger partial charge in [0.15, 0.2) is 6.61 Å². The van der Waals surface area contributed by atoms with Gasteiger partial charge in [0.1, 0.15) is 17.2 Å². The Kier molecular flexibility index (Phi) is 7.26. The average molecular weight is 500 g/mol. The van der Waals surface area contributed by atoms with E-state index >= 15 is 0 Å². The van der Waals surface area contributed by atoms with Gasteiger partial charge in [-0.2, -0.15) is 5.10 Å². The van der Waals surface area contributed by atoms with Crippen LogP contribution in [-0.2, 0) is 4.79 Å². The molecular weight excluding hydrogens is 480 g/mol. The number of carbonyl (C=O) groups excluding carboxylic acids is 1. The first kappa shape index (κ1) is 21.2. The molecule has 0 spiro atoms. The minimum atomic E-state index is -0.438. The van der Waals surface area contributed by atoms with Crippen LogP contribution in [0.25, 0.3) is 0 Å². The van der Waals surface area contributed by atoms with Crippen molar-refractivity contribution in [3.8, 4) is 17.2 Å². The summed E-state index contributed by atoms with van der Waals surface area (Å²) in [6, 6.07) is 6.07. The van der Waals surface area contributed by atoms with Crippen LogP contribution < -0.4 is 10.2 Å².